The monoisotopic (exact) mass is 364 g/mol. The highest BCUT2D eigenvalue weighted by Crippen LogP contribution is 2.17. The van der Waals surface area contributed by atoms with Gasteiger partial charge in [-0.1, -0.05) is 29.8 Å². The van der Waals surface area contributed by atoms with Crippen molar-refractivity contribution in [2.45, 2.75) is 19.4 Å². The third-order valence-corrected chi connectivity index (χ3v) is 3.67. The number of amides is 1. The number of carbonyl (C=O) groups is 1. The molecular formula is C19H25ClN2O3. The maximum atomic E-state index is 12.0. The van der Waals surface area contributed by atoms with E-state index in [1.807, 2.05) is 55.5 Å². The van der Waals surface area contributed by atoms with Crippen molar-refractivity contribution in [1.82, 2.24) is 5.32 Å². The average Bonchev–Trinajstić information content (AvgIpc) is 2.62. The third kappa shape index (κ3) is 6.64. The molecule has 2 rings (SSSR count). The molecule has 3 N–H and O–H groups in total. The predicted octanol–water partition coefficient (Wildman–Crippen LogP) is 3.01. The highest BCUT2D eigenvalue weighted by atomic mass is 35.5. The van der Waals surface area contributed by atoms with E-state index < -0.39 is 6.04 Å². The van der Waals surface area contributed by atoms with Crippen molar-refractivity contribution in [2.75, 3.05) is 20.3 Å². The minimum absolute atomic E-state index is 0. The van der Waals surface area contributed by atoms with Crippen LogP contribution in [0.5, 0.6) is 11.5 Å². The summed E-state index contributed by atoms with van der Waals surface area (Å²) in [6.07, 6.45) is 0.707. The first-order valence-corrected chi connectivity index (χ1v) is 7.97. The van der Waals surface area contributed by atoms with Gasteiger partial charge in [0.15, 0.2) is 0 Å². The van der Waals surface area contributed by atoms with Crippen molar-refractivity contribution < 1.29 is 14.3 Å². The van der Waals surface area contributed by atoms with Crippen molar-refractivity contribution in [1.29, 1.82) is 0 Å². The van der Waals surface area contributed by atoms with Crippen LogP contribution in [0.4, 0.5) is 0 Å². The van der Waals surface area contributed by atoms with Gasteiger partial charge in [0.05, 0.1) is 13.7 Å². The third-order valence-electron chi connectivity index (χ3n) is 3.67. The molecule has 25 heavy (non-hydrogen) atoms. The molecule has 0 aromatic heterocycles. The molecule has 0 spiro atoms. The lowest BCUT2D eigenvalue weighted by molar-refractivity contribution is -0.122. The Kier molecular flexibility index (Phi) is 8.81. The molecule has 0 heterocycles. The van der Waals surface area contributed by atoms with E-state index in [2.05, 4.69) is 5.32 Å². The van der Waals surface area contributed by atoms with Gasteiger partial charge in [-0.3, -0.25) is 4.79 Å². The van der Waals surface area contributed by atoms with Crippen molar-refractivity contribution in [3.05, 3.63) is 59.7 Å². The summed E-state index contributed by atoms with van der Waals surface area (Å²) >= 11 is 0. The van der Waals surface area contributed by atoms with E-state index in [0.717, 1.165) is 22.6 Å². The maximum absolute atomic E-state index is 12.0. The number of ether oxygens (including phenoxy) is 2. The molecule has 0 saturated heterocycles. The number of hydrogen-bond acceptors (Lipinski definition) is 4. The minimum atomic E-state index is -0.645. The standard InChI is InChI=1S/C19H24N2O3.ClH/c1-14-4-6-15(7-5-14)18(20)19(22)21-12-3-13-24-17-10-8-16(23-2)9-11-17;/h4-11,18H,3,12-13,20H2,1-2H3,(H,21,22);1H. The van der Waals surface area contributed by atoms with E-state index in [0.29, 0.717) is 19.6 Å². The lowest BCUT2D eigenvalue weighted by atomic mass is 10.1. The Labute approximate surface area is 154 Å². The Morgan fingerprint density at radius 3 is 2.28 bits per heavy atom. The van der Waals surface area contributed by atoms with Gasteiger partial charge in [-0.25, -0.2) is 0 Å². The second kappa shape index (κ2) is 10.6. The molecule has 0 aliphatic rings. The molecule has 0 aliphatic heterocycles. The fourth-order valence-corrected chi connectivity index (χ4v) is 2.18. The highest BCUT2D eigenvalue weighted by molar-refractivity contribution is 5.85. The largest absolute Gasteiger partial charge is 0.497 e. The summed E-state index contributed by atoms with van der Waals surface area (Å²) in [5.74, 6) is 1.39. The normalized spacial score (nSPS) is 11.2. The number of aryl methyl sites for hydroxylation is 1. The molecule has 0 bridgehead atoms. The Morgan fingerprint density at radius 2 is 1.68 bits per heavy atom. The number of nitrogens with two attached hydrogens (primary N) is 1. The maximum Gasteiger partial charge on any atom is 0.241 e. The molecule has 0 aliphatic carbocycles. The van der Waals surface area contributed by atoms with Crippen LogP contribution in [0.3, 0.4) is 0 Å². The van der Waals surface area contributed by atoms with Crippen molar-refractivity contribution in [3.63, 3.8) is 0 Å². The Morgan fingerprint density at radius 1 is 1.08 bits per heavy atom. The van der Waals surface area contributed by atoms with Gasteiger partial charge in [0, 0.05) is 6.54 Å². The van der Waals surface area contributed by atoms with Crippen LogP contribution in [0.25, 0.3) is 0 Å². The van der Waals surface area contributed by atoms with Crippen LogP contribution < -0.4 is 20.5 Å². The van der Waals surface area contributed by atoms with Gasteiger partial charge in [0.25, 0.3) is 0 Å². The summed E-state index contributed by atoms with van der Waals surface area (Å²) in [7, 11) is 1.62. The van der Waals surface area contributed by atoms with E-state index in [1.54, 1.807) is 7.11 Å². The summed E-state index contributed by atoms with van der Waals surface area (Å²) in [6, 6.07) is 14.4. The van der Waals surface area contributed by atoms with E-state index in [-0.39, 0.29) is 18.3 Å². The molecule has 0 fully saturated rings. The molecule has 5 nitrogen and oxygen atoms in total. The predicted molar refractivity (Wildman–Crippen MR) is 101 cm³/mol. The topological polar surface area (TPSA) is 73.6 Å². The van der Waals surface area contributed by atoms with Crippen LogP contribution >= 0.6 is 12.4 Å². The molecule has 2 aromatic carbocycles. The lowest BCUT2D eigenvalue weighted by Gasteiger charge is -2.13. The van der Waals surface area contributed by atoms with E-state index in [1.165, 1.54) is 0 Å². The lowest BCUT2D eigenvalue weighted by Crippen LogP contribution is -2.35. The molecular weight excluding hydrogens is 340 g/mol. The summed E-state index contributed by atoms with van der Waals surface area (Å²) in [5, 5.41) is 2.84. The first-order valence-electron chi connectivity index (χ1n) is 7.97. The van der Waals surface area contributed by atoms with Gasteiger partial charge < -0.3 is 20.5 Å². The highest BCUT2D eigenvalue weighted by Gasteiger charge is 2.14. The first-order chi connectivity index (χ1) is 11.6. The zero-order valence-corrected chi connectivity index (χ0v) is 15.3. The van der Waals surface area contributed by atoms with Crippen molar-refractivity contribution in [3.8, 4) is 11.5 Å². The van der Waals surface area contributed by atoms with Gasteiger partial charge in [-0.2, -0.15) is 0 Å². The van der Waals surface area contributed by atoms with Crippen LogP contribution in [0.15, 0.2) is 48.5 Å². The number of methoxy groups -OCH3 is 1. The number of halogens is 1. The van der Waals surface area contributed by atoms with Gasteiger partial charge in [0.2, 0.25) is 5.91 Å². The summed E-state index contributed by atoms with van der Waals surface area (Å²) in [6.45, 7) is 3.04. The number of nitrogens with one attached hydrogen (secondary N) is 1. The van der Waals surface area contributed by atoms with Crippen molar-refractivity contribution in [2.24, 2.45) is 5.73 Å². The SMILES string of the molecule is COc1ccc(OCCCNC(=O)C(N)c2ccc(C)cc2)cc1.Cl. The molecule has 2 aromatic rings. The molecule has 1 atom stereocenters. The smallest absolute Gasteiger partial charge is 0.241 e. The molecule has 1 amide bonds. The number of benzene rings is 2. The first kappa shape index (κ1) is 20.8. The Bertz CT molecular complexity index is 645. The fraction of sp³-hybridized carbons (Fsp3) is 0.316. The Balaban J connectivity index is 0.00000312. The van der Waals surface area contributed by atoms with Crippen LogP contribution in [0.1, 0.15) is 23.6 Å². The van der Waals surface area contributed by atoms with Crippen LogP contribution in [-0.4, -0.2) is 26.2 Å². The molecule has 136 valence electrons. The summed E-state index contributed by atoms with van der Waals surface area (Å²) in [5.41, 5.74) is 7.92. The second-order valence-electron chi connectivity index (χ2n) is 5.56. The Hall–Kier alpha value is -2.24. The van der Waals surface area contributed by atoms with Crippen molar-refractivity contribution >= 4 is 18.3 Å². The fourth-order valence-electron chi connectivity index (χ4n) is 2.18. The van der Waals surface area contributed by atoms with Crippen LogP contribution in [-0.2, 0) is 4.79 Å². The molecule has 0 saturated carbocycles. The van der Waals surface area contributed by atoms with Gasteiger partial charge in [0.1, 0.15) is 17.5 Å². The van der Waals surface area contributed by atoms with Gasteiger partial charge in [-0.05, 0) is 43.2 Å². The zero-order chi connectivity index (χ0) is 17.4. The van der Waals surface area contributed by atoms with Gasteiger partial charge >= 0.3 is 0 Å². The molecule has 0 radical (unpaired) electrons. The van der Waals surface area contributed by atoms with E-state index >= 15 is 0 Å². The summed E-state index contributed by atoms with van der Waals surface area (Å²) in [4.78, 5) is 12.0. The number of carbonyl (C=O) groups excluding carboxylic acids is 1. The summed E-state index contributed by atoms with van der Waals surface area (Å²) < 4.78 is 10.7. The van der Waals surface area contributed by atoms with E-state index in [9.17, 15) is 4.79 Å². The van der Waals surface area contributed by atoms with Crippen LogP contribution in [0, 0.1) is 6.92 Å². The van der Waals surface area contributed by atoms with Gasteiger partial charge in [-0.15, -0.1) is 12.4 Å². The zero-order valence-electron chi connectivity index (χ0n) is 14.5. The second-order valence-corrected chi connectivity index (χ2v) is 5.56. The average molecular weight is 365 g/mol. The molecule has 1 unspecified atom stereocenters. The number of rotatable bonds is 8. The minimum Gasteiger partial charge on any atom is -0.497 e. The quantitative estimate of drug-likeness (QED) is 0.706. The molecule has 6 heteroatoms. The van der Waals surface area contributed by atoms with Crippen LogP contribution in [0.2, 0.25) is 0 Å². The van der Waals surface area contributed by atoms with E-state index in [4.69, 9.17) is 15.2 Å². The number of hydrogen-bond donors (Lipinski definition) is 2.